The van der Waals surface area contributed by atoms with Crippen LogP contribution in [0.25, 0.3) is 0 Å². The zero-order valence-electron chi connectivity index (χ0n) is 14.1. The second-order valence-corrected chi connectivity index (χ2v) is 5.90. The van der Waals surface area contributed by atoms with E-state index in [0.717, 1.165) is 11.1 Å². The Morgan fingerprint density at radius 1 is 1.04 bits per heavy atom. The minimum absolute atomic E-state index is 0.119. The Bertz CT molecular complexity index is 629. The van der Waals surface area contributed by atoms with Crippen molar-refractivity contribution in [3.63, 3.8) is 0 Å². The lowest BCUT2D eigenvalue weighted by Crippen LogP contribution is -2.41. The van der Waals surface area contributed by atoms with E-state index in [1.54, 1.807) is 12.1 Å². The Balaban J connectivity index is 1.76. The lowest BCUT2D eigenvalue weighted by molar-refractivity contribution is 0.233. The molecule has 2 rings (SSSR count). The molecule has 4 nitrogen and oxygen atoms in total. The van der Waals surface area contributed by atoms with Crippen LogP contribution in [0.1, 0.15) is 17.2 Å². The van der Waals surface area contributed by atoms with E-state index in [0.29, 0.717) is 19.5 Å². The Morgan fingerprint density at radius 3 is 2.33 bits per heavy atom. The van der Waals surface area contributed by atoms with Crippen molar-refractivity contribution in [1.82, 2.24) is 15.5 Å². The molecule has 0 aliphatic rings. The summed E-state index contributed by atoms with van der Waals surface area (Å²) >= 11 is 0. The number of urea groups is 1. The van der Waals surface area contributed by atoms with E-state index in [-0.39, 0.29) is 17.9 Å². The third-order valence-electron chi connectivity index (χ3n) is 3.88. The van der Waals surface area contributed by atoms with Gasteiger partial charge in [0.2, 0.25) is 0 Å². The molecule has 2 N–H and O–H groups in total. The van der Waals surface area contributed by atoms with E-state index in [1.807, 2.05) is 32.3 Å². The number of likely N-dealkylation sites (N-methyl/N-ethyl adjacent to an activating group) is 1. The summed E-state index contributed by atoms with van der Waals surface area (Å²) in [5.74, 6) is -0.250. The Labute approximate surface area is 142 Å². The minimum Gasteiger partial charge on any atom is -0.338 e. The smallest absolute Gasteiger partial charge is 0.314 e. The average Bonchev–Trinajstić information content (AvgIpc) is 2.57. The summed E-state index contributed by atoms with van der Waals surface area (Å²) in [6.07, 6.45) is 0.670. The van der Waals surface area contributed by atoms with Gasteiger partial charge in [-0.15, -0.1) is 0 Å². The SMILES string of the molecule is CN(C)[C@H](CNC(=O)NCCc1ccc(F)cc1)c1ccccc1. The highest BCUT2D eigenvalue weighted by Crippen LogP contribution is 2.16. The molecule has 0 bridgehead atoms. The fourth-order valence-electron chi connectivity index (χ4n) is 2.50. The number of carbonyl (C=O) groups is 1. The predicted octanol–water partition coefficient (Wildman–Crippen LogP) is 2.97. The van der Waals surface area contributed by atoms with Crippen LogP contribution in [-0.2, 0) is 6.42 Å². The van der Waals surface area contributed by atoms with Gasteiger partial charge in [-0.2, -0.15) is 0 Å². The van der Waals surface area contributed by atoms with Gasteiger partial charge >= 0.3 is 6.03 Å². The number of rotatable bonds is 7. The summed E-state index contributed by atoms with van der Waals surface area (Å²) in [6, 6.07) is 16.3. The maximum Gasteiger partial charge on any atom is 0.314 e. The standard InChI is InChI=1S/C19H24FN3O/c1-23(2)18(16-6-4-3-5-7-16)14-22-19(24)21-13-12-15-8-10-17(20)11-9-15/h3-11,18H,12-14H2,1-2H3,(H2,21,22,24)/t18-/m1/s1. The molecule has 2 aromatic carbocycles. The summed E-state index contributed by atoms with van der Waals surface area (Å²) in [6.45, 7) is 1.04. The highest BCUT2D eigenvalue weighted by molar-refractivity contribution is 5.73. The predicted molar refractivity (Wildman–Crippen MR) is 94.4 cm³/mol. The third-order valence-corrected chi connectivity index (χ3v) is 3.88. The number of amides is 2. The van der Waals surface area contributed by atoms with Gasteiger partial charge in [0, 0.05) is 13.1 Å². The number of halogens is 1. The van der Waals surface area contributed by atoms with E-state index in [4.69, 9.17) is 0 Å². The van der Waals surface area contributed by atoms with Crippen LogP contribution in [0.15, 0.2) is 54.6 Å². The van der Waals surface area contributed by atoms with Gasteiger partial charge < -0.3 is 15.5 Å². The Kier molecular flexibility index (Phi) is 6.75. The maximum atomic E-state index is 12.8. The number of carbonyl (C=O) groups excluding carboxylic acids is 1. The monoisotopic (exact) mass is 329 g/mol. The highest BCUT2D eigenvalue weighted by Gasteiger charge is 2.14. The van der Waals surface area contributed by atoms with E-state index in [9.17, 15) is 9.18 Å². The number of hydrogen-bond donors (Lipinski definition) is 2. The molecule has 0 aliphatic carbocycles. The summed E-state index contributed by atoms with van der Waals surface area (Å²) in [5.41, 5.74) is 2.15. The van der Waals surface area contributed by atoms with Crippen LogP contribution in [0.3, 0.4) is 0 Å². The van der Waals surface area contributed by atoms with Crippen LogP contribution >= 0.6 is 0 Å². The quantitative estimate of drug-likeness (QED) is 0.820. The molecule has 0 saturated heterocycles. The van der Waals surface area contributed by atoms with Crippen molar-refractivity contribution >= 4 is 6.03 Å². The number of benzene rings is 2. The van der Waals surface area contributed by atoms with Crippen LogP contribution in [0, 0.1) is 5.82 Å². The lowest BCUT2D eigenvalue weighted by Gasteiger charge is -2.25. The molecule has 0 spiro atoms. The topological polar surface area (TPSA) is 44.4 Å². The van der Waals surface area contributed by atoms with Gasteiger partial charge in [0.1, 0.15) is 5.82 Å². The van der Waals surface area contributed by atoms with Gasteiger partial charge in [-0.25, -0.2) is 9.18 Å². The first kappa shape index (κ1) is 17.9. The second-order valence-electron chi connectivity index (χ2n) is 5.90. The zero-order valence-corrected chi connectivity index (χ0v) is 14.1. The molecule has 0 unspecified atom stereocenters. The normalized spacial score (nSPS) is 12.0. The van der Waals surface area contributed by atoms with Gasteiger partial charge in [0.05, 0.1) is 6.04 Å². The van der Waals surface area contributed by atoms with Crippen LogP contribution in [0.5, 0.6) is 0 Å². The van der Waals surface area contributed by atoms with E-state index >= 15 is 0 Å². The Morgan fingerprint density at radius 2 is 1.71 bits per heavy atom. The molecule has 128 valence electrons. The molecule has 0 heterocycles. The van der Waals surface area contributed by atoms with Gasteiger partial charge in [-0.05, 0) is 43.8 Å². The second kappa shape index (κ2) is 9.03. The molecule has 1 atom stereocenters. The van der Waals surface area contributed by atoms with Crippen molar-refractivity contribution in [2.24, 2.45) is 0 Å². The summed E-state index contributed by atoms with van der Waals surface area (Å²) in [7, 11) is 3.98. The molecule has 0 saturated carbocycles. The van der Waals surface area contributed by atoms with Crippen LogP contribution in [0.4, 0.5) is 9.18 Å². The number of nitrogens with zero attached hydrogens (tertiary/aromatic N) is 1. The average molecular weight is 329 g/mol. The van der Waals surface area contributed by atoms with Gasteiger partial charge in [-0.3, -0.25) is 0 Å². The largest absolute Gasteiger partial charge is 0.338 e. The van der Waals surface area contributed by atoms with Crippen molar-refractivity contribution in [2.75, 3.05) is 27.2 Å². The van der Waals surface area contributed by atoms with Gasteiger partial charge in [-0.1, -0.05) is 42.5 Å². The van der Waals surface area contributed by atoms with E-state index in [2.05, 4.69) is 27.7 Å². The highest BCUT2D eigenvalue weighted by atomic mass is 19.1. The van der Waals surface area contributed by atoms with Crippen molar-refractivity contribution in [3.8, 4) is 0 Å². The molecule has 0 radical (unpaired) electrons. The molecular weight excluding hydrogens is 305 g/mol. The maximum absolute atomic E-state index is 12.8. The summed E-state index contributed by atoms with van der Waals surface area (Å²) < 4.78 is 12.8. The molecule has 2 aromatic rings. The lowest BCUT2D eigenvalue weighted by atomic mass is 10.1. The third kappa shape index (κ3) is 5.66. The molecule has 5 heteroatoms. The van der Waals surface area contributed by atoms with Crippen LogP contribution in [-0.4, -0.2) is 38.1 Å². The first-order valence-electron chi connectivity index (χ1n) is 8.04. The first-order valence-corrected chi connectivity index (χ1v) is 8.04. The van der Waals surface area contributed by atoms with Crippen molar-refractivity contribution in [3.05, 3.63) is 71.5 Å². The molecule has 0 aromatic heterocycles. The zero-order chi connectivity index (χ0) is 17.4. The fourth-order valence-corrected chi connectivity index (χ4v) is 2.50. The first-order chi connectivity index (χ1) is 11.6. The van der Waals surface area contributed by atoms with Gasteiger partial charge in [0.15, 0.2) is 0 Å². The minimum atomic E-state index is -0.250. The molecule has 0 aliphatic heterocycles. The molecule has 24 heavy (non-hydrogen) atoms. The number of nitrogens with one attached hydrogen (secondary N) is 2. The van der Waals surface area contributed by atoms with Crippen LogP contribution in [0.2, 0.25) is 0 Å². The fraction of sp³-hybridized carbons (Fsp3) is 0.316. The Hall–Kier alpha value is -2.40. The molecular formula is C19H24FN3O. The van der Waals surface area contributed by atoms with Crippen LogP contribution < -0.4 is 10.6 Å². The van der Waals surface area contributed by atoms with E-state index in [1.165, 1.54) is 12.1 Å². The van der Waals surface area contributed by atoms with Crippen molar-refractivity contribution in [1.29, 1.82) is 0 Å². The van der Waals surface area contributed by atoms with E-state index < -0.39 is 0 Å². The molecule has 0 fully saturated rings. The number of hydrogen-bond acceptors (Lipinski definition) is 2. The van der Waals surface area contributed by atoms with Gasteiger partial charge in [0.25, 0.3) is 0 Å². The molecule has 2 amide bonds. The summed E-state index contributed by atoms with van der Waals surface area (Å²) in [5, 5.41) is 5.74. The van der Waals surface area contributed by atoms with Crippen molar-refractivity contribution < 1.29 is 9.18 Å². The van der Waals surface area contributed by atoms with Crippen molar-refractivity contribution in [2.45, 2.75) is 12.5 Å². The summed E-state index contributed by atoms with van der Waals surface area (Å²) in [4.78, 5) is 14.0.